The van der Waals surface area contributed by atoms with Crippen molar-refractivity contribution in [2.24, 2.45) is 0 Å². The molecule has 34 heavy (non-hydrogen) atoms. The summed E-state index contributed by atoms with van der Waals surface area (Å²) >= 11 is 1.13. The van der Waals surface area contributed by atoms with E-state index in [1.165, 1.54) is 12.5 Å². The van der Waals surface area contributed by atoms with Crippen molar-refractivity contribution in [2.45, 2.75) is 49.3 Å². The first kappa shape index (κ1) is 24.0. The van der Waals surface area contributed by atoms with Gasteiger partial charge in [0.15, 0.2) is 0 Å². The molecule has 3 N–H and O–H groups in total. The minimum Gasteiger partial charge on any atom is -0.349 e. The smallest absolute Gasteiger partial charge is 0.271 e. The van der Waals surface area contributed by atoms with Crippen LogP contribution in [-0.4, -0.2) is 26.3 Å². The Kier molecular flexibility index (Phi) is 7.33. The van der Waals surface area contributed by atoms with Crippen molar-refractivity contribution < 1.29 is 18.0 Å². The topological polar surface area (TPSA) is 104 Å². The van der Waals surface area contributed by atoms with Crippen molar-refractivity contribution in [3.63, 3.8) is 0 Å². The first-order valence-electron chi connectivity index (χ1n) is 11.2. The molecule has 3 aromatic rings. The zero-order valence-corrected chi connectivity index (χ0v) is 20.5. The van der Waals surface area contributed by atoms with Crippen LogP contribution in [-0.2, 0) is 10.0 Å². The summed E-state index contributed by atoms with van der Waals surface area (Å²) < 4.78 is 27.4. The summed E-state index contributed by atoms with van der Waals surface area (Å²) in [7, 11) is -3.64. The van der Waals surface area contributed by atoms with Crippen molar-refractivity contribution in [1.82, 2.24) is 5.32 Å². The van der Waals surface area contributed by atoms with Gasteiger partial charge in [-0.3, -0.25) is 14.3 Å². The lowest BCUT2D eigenvalue weighted by Crippen LogP contribution is -2.36. The van der Waals surface area contributed by atoms with Crippen LogP contribution in [0.25, 0.3) is 0 Å². The monoisotopic (exact) mass is 497 g/mol. The molecule has 4 rings (SSSR count). The van der Waals surface area contributed by atoms with E-state index in [0.717, 1.165) is 42.6 Å². The third-order valence-electron chi connectivity index (χ3n) is 5.84. The van der Waals surface area contributed by atoms with Crippen LogP contribution in [0.1, 0.15) is 58.4 Å². The molecule has 9 heteroatoms. The molecule has 7 nitrogen and oxygen atoms in total. The molecule has 0 spiro atoms. The zero-order valence-electron chi connectivity index (χ0n) is 18.8. The molecular weight excluding hydrogens is 470 g/mol. The fraction of sp³-hybridized carbons (Fsp3) is 0.280. The highest BCUT2D eigenvalue weighted by Crippen LogP contribution is 2.22. The number of nitrogens with one attached hydrogen (secondary N) is 3. The van der Waals surface area contributed by atoms with Crippen LogP contribution in [0, 0.1) is 6.92 Å². The molecule has 0 radical (unpaired) electrons. The van der Waals surface area contributed by atoms with Gasteiger partial charge in [-0.2, -0.15) is 0 Å². The number of hydrogen-bond donors (Lipinski definition) is 3. The van der Waals surface area contributed by atoms with Crippen LogP contribution < -0.4 is 15.4 Å². The molecule has 0 saturated heterocycles. The van der Waals surface area contributed by atoms with E-state index in [2.05, 4.69) is 15.4 Å². The Balaban J connectivity index is 1.38. The van der Waals surface area contributed by atoms with E-state index in [1.807, 2.05) is 6.92 Å². The van der Waals surface area contributed by atoms with Gasteiger partial charge in [0, 0.05) is 28.5 Å². The standard InChI is InChI=1S/C25H27N3O4S2/c1-17-16-19(25(30)26-20-6-3-2-4-7-20)11-14-22(17)27-24(29)18-9-12-21(13-10-18)28-34(31,32)23-8-5-15-33-23/h5,8-16,20,28H,2-4,6-7H2,1H3,(H,26,30)(H,27,29). The van der Waals surface area contributed by atoms with Crippen LogP contribution >= 0.6 is 11.3 Å². The largest absolute Gasteiger partial charge is 0.349 e. The zero-order chi connectivity index (χ0) is 24.1. The summed E-state index contributed by atoms with van der Waals surface area (Å²) in [5.41, 5.74) is 2.72. The summed E-state index contributed by atoms with van der Waals surface area (Å²) in [5.74, 6) is -0.413. The molecule has 1 aliphatic carbocycles. The summed E-state index contributed by atoms with van der Waals surface area (Å²) in [5, 5.41) is 7.65. The maximum atomic E-state index is 12.7. The summed E-state index contributed by atoms with van der Waals surface area (Å²) in [6.45, 7) is 1.84. The third-order valence-corrected chi connectivity index (χ3v) is 8.62. The number of rotatable bonds is 7. The molecule has 0 aliphatic heterocycles. The van der Waals surface area contributed by atoms with Gasteiger partial charge in [0.1, 0.15) is 4.21 Å². The number of thiophene rings is 1. The van der Waals surface area contributed by atoms with Gasteiger partial charge >= 0.3 is 0 Å². The second-order valence-electron chi connectivity index (χ2n) is 8.41. The Bertz CT molecular complexity index is 1260. The number of aryl methyl sites for hydroxylation is 1. The van der Waals surface area contributed by atoms with Crippen LogP contribution in [0.15, 0.2) is 64.2 Å². The second-order valence-corrected chi connectivity index (χ2v) is 11.3. The van der Waals surface area contributed by atoms with Gasteiger partial charge in [0.05, 0.1) is 0 Å². The molecule has 2 aromatic carbocycles. The number of sulfonamides is 1. The van der Waals surface area contributed by atoms with Crippen molar-refractivity contribution in [1.29, 1.82) is 0 Å². The van der Waals surface area contributed by atoms with E-state index in [0.29, 0.717) is 22.5 Å². The predicted octanol–water partition coefficient (Wildman–Crippen LogP) is 5.17. The second kappa shape index (κ2) is 10.4. The molecule has 1 heterocycles. The molecule has 2 amide bonds. The van der Waals surface area contributed by atoms with Gasteiger partial charge in [-0.15, -0.1) is 11.3 Å². The SMILES string of the molecule is Cc1cc(C(=O)NC2CCCCC2)ccc1NC(=O)c1ccc(NS(=O)(=O)c2cccs2)cc1. The van der Waals surface area contributed by atoms with E-state index < -0.39 is 10.0 Å². The molecule has 0 unspecified atom stereocenters. The number of carbonyl (C=O) groups is 2. The van der Waals surface area contributed by atoms with E-state index in [1.54, 1.807) is 53.9 Å². The van der Waals surface area contributed by atoms with Gasteiger partial charge in [-0.05, 0) is 79.2 Å². The summed E-state index contributed by atoms with van der Waals surface area (Å²) in [6, 6.07) is 14.9. The minimum absolute atomic E-state index is 0.0894. The first-order chi connectivity index (χ1) is 16.3. The van der Waals surface area contributed by atoms with E-state index in [4.69, 9.17) is 0 Å². The summed E-state index contributed by atoms with van der Waals surface area (Å²) in [4.78, 5) is 25.3. The third kappa shape index (κ3) is 5.84. The lowest BCUT2D eigenvalue weighted by Gasteiger charge is -2.23. The molecule has 0 atom stereocenters. The minimum atomic E-state index is -3.64. The average Bonchev–Trinajstić information content (AvgIpc) is 3.37. The Morgan fingerprint density at radius 2 is 1.62 bits per heavy atom. The van der Waals surface area contributed by atoms with E-state index >= 15 is 0 Å². The molecular formula is C25H27N3O4S2. The number of amides is 2. The number of benzene rings is 2. The number of hydrogen-bond acceptors (Lipinski definition) is 5. The quantitative estimate of drug-likeness (QED) is 0.419. The van der Waals surface area contributed by atoms with Crippen molar-refractivity contribution in [3.8, 4) is 0 Å². The lowest BCUT2D eigenvalue weighted by molar-refractivity contribution is 0.0927. The van der Waals surface area contributed by atoms with Crippen molar-refractivity contribution in [3.05, 3.63) is 76.7 Å². The highest BCUT2D eigenvalue weighted by atomic mass is 32.2. The normalized spacial score (nSPS) is 14.4. The van der Waals surface area contributed by atoms with E-state index in [9.17, 15) is 18.0 Å². The fourth-order valence-electron chi connectivity index (χ4n) is 3.97. The Hall–Kier alpha value is -3.17. The van der Waals surface area contributed by atoms with Crippen molar-refractivity contribution in [2.75, 3.05) is 10.0 Å². The molecule has 178 valence electrons. The maximum Gasteiger partial charge on any atom is 0.271 e. The molecule has 1 aliphatic rings. The number of anilines is 2. The Morgan fingerprint density at radius 1 is 0.912 bits per heavy atom. The Morgan fingerprint density at radius 3 is 2.26 bits per heavy atom. The van der Waals surface area contributed by atoms with Crippen LogP contribution in [0.2, 0.25) is 0 Å². The fourth-order valence-corrected chi connectivity index (χ4v) is 6.02. The van der Waals surface area contributed by atoms with Gasteiger partial charge in [-0.1, -0.05) is 25.3 Å². The van der Waals surface area contributed by atoms with Gasteiger partial charge < -0.3 is 10.6 Å². The van der Waals surface area contributed by atoms with E-state index in [-0.39, 0.29) is 22.1 Å². The maximum absolute atomic E-state index is 12.7. The molecule has 1 aromatic heterocycles. The van der Waals surface area contributed by atoms with Crippen LogP contribution in [0.4, 0.5) is 11.4 Å². The first-order valence-corrected chi connectivity index (χ1v) is 13.6. The molecule has 0 bridgehead atoms. The average molecular weight is 498 g/mol. The Labute approximate surface area is 203 Å². The van der Waals surface area contributed by atoms with Gasteiger partial charge in [0.2, 0.25) is 0 Å². The molecule has 1 saturated carbocycles. The van der Waals surface area contributed by atoms with Crippen LogP contribution in [0.3, 0.4) is 0 Å². The van der Waals surface area contributed by atoms with Crippen LogP contribution in [0.5, 0.6) is 0 Å². The number of carbonyl (C=O) groups excluding carboxylic acids is 2. The highest BCUT2D eigenvalue weighted by Gasteiger charge is 2.18. The van der Waals surface area contributed by atoms with Crippen molar-refractivity contribution >= 4 is 44.5 Å². The summed E-state index contributed by atoms with van der Waals surface area (Å²) in [6.07, 6.45) is 5.57. The van der Waals surface area contributed by atoms with Gasteiger partial charge in [-0.25, -0.2) is 8.42 Å². The van der Waals surface area contributed by atoms with Gasteiger partial charge in [0.25, 0.3) is 21.8 Å². The molecule has 1 fully saturated rings. The predicted molar refractivity (Wildman–Crippen MR) is 135 cm³/mol. The highest BCUT2D eigenvalue weighted by molar-refractivity contribution is 7.94. The lowest BCUT2D eigenvalue weighted by atomic mass is 9.95.